The van der Waals surface area contributed by atoms with Crippen LogP contribution in [0.1, 0.15) is 78.3 Å². The van der Waals surface area contributed by atoms with Gasteiger partial charge in [0.1, 0.15) is 36.0 Å². The Morgan fingerprint density at radius 1 is 1.09 bits per heavy atom. The summed E-state index contributed by atoms with van der Waals surface area (Å²) in [6, 6.07) is 4.09. The molecule has 10 heteroatoms. The molecule has 0 unspecified atom stereocenters. The molecule has 10 nitrogen and oxygen atoms in total. The van der Waals surface area contributed by atoms with Crippen molar-refractivity contribution in [1.82, 2.24) is 20.2 Å². The van der Waals surface area contributed by atoms with Crippen LogP contribution in [-0.2, 0) is 20.7 Å². The van der Waals surface area contributed by atoms with Gasteiger partial charge in [-0.1, -0.05) is 27.7 Å². The van der Waals surface area contributed by atoms with Crippen LogP contribution in [0.5, 0.6) is 11.6 Å². The van der Waals surface area contributed by atoms with Gasteiger partial charge in [-0.05, 0) is 80.2 Å². The third-order valence-electron chi connectivity index (χ3n) is 10.1. The molecule has 6 rings (SSSR count). The van der Waals surface area contributed by atoms with Crippen LogP contribution in [-0.4, -0.2) is 71.1 Å². The van der Waals surface area contributed by atoms with E-state index in [0.717, 1.165) is 49.6 Å². The minimum Gasteiger partial charge on any atom is -0.497 e. The highest BCUT2D eigenvalue weighted by atomic mass is 16.6. The number of nitrogens with one attached hydrogen (secondary N) is 1. The standard InChI is InChI=1S/C33H44N4O6/c1-6-21-25(18-38)37-17-27(21)42-29-23(34-22-8-7-20(41-5)16-24(22)35-29)10-12-33(13-14-33)11-9-19-15-26(19)43-31(40)36-28(30(37)39)32(2,3)4/h7-8,16,18-19,21,25-28H,6,9-15,17H2,1-5H3,(H,36,40)/t19-,21+,25-,26-,27+,28-/m1/s1. The van der Waals surface area contributed by atoms with Crippen molar-refractivity contribution >= 4 is 29.3 Å². The molecule has 2 aliphatic carbocycles. The first kappa shape index (κ1) is 29.6. The van der Waals surface area contributed by atoms with E-state index in [-0.39, 0.29) is 29.9 Å². The summed E-state index contributed by atoms with van der Waals surface area (Å²) in [7, 11) is 1.62. The quantitative estimate of drug-likeness (QED) is 0.502. The van der Waals surface area contributed by atoms with Crippen LogP contribution in [0.2, 0.25) is 0 Å². The van der Waals surface area contributed by atoms with Crippen LogP contribution >= 0.6 is 0 Å². The summed E-state index contributed by atoms with van der Waals surface area (Å²) < 4.78 is 17.9. The monoisotopic (exact) mass is 592 g/mol. The summed E-state index contributed by atoms with van der Waals surface area (Å²) >= 11 is 0. The minimum atomic E-state index is -0.868. The van der Waals surface area contributed by atoms with Gasteiger partial charge in [-0.15, -0.1) is 0 Å². The molecular formula is C33H44N4O6. The average molecular weight is 593 g/mol. The first-order chi connectivity index (χ1) is 20.5. The van der Waals surface area contributed by atoms with E-state index < -0.39 is 29.7 Å². The molecule has 43 heavy (non-hydrogen) atoms. The van der Waals surface area contributed by atoms with Crippen molar-refractivity contribution in [3.8, 4) is 11.6 Å². The van der Waals surface area contributed by atoms with Gasteiger partial charge in [0, 0.05) is 12.0 Å². The van der Waals surface area contributed by atoms with E-state index >= 15 is 0 Å². The number of rotatable bonds is 3. The third-order valence-corrected chi connectivity index (χ3v) is 10.1. The van der Waals surface area contributed by atoms with E-state index in [0.29, 0.717) is 29.5 Å². The number of fused-ring (bicyclic) bond motifs is 5. The molecule has 3 heterocycles. The van der Waals surface area contributed by atoms with E-state index in [4.69, 9.17) is 24.2 Å². The van der Waals surface area contributed by atoms with Gasteiger partial charge in [0.25, 0.3) is 0 Å². The molecule has 2 bridgehead atoms. The lowest BCUT2D eigenvalue weighted by molar-refractivity contribution is -0.139. The van der Waals surface area contributed by atoms with Gasteiger partial charge >= 0.3 is 6.09 Å². The smallest absolute Gasteiger partial charge is 0.408 e. The van der Waals surface area contributed by atoms with Crippen LogP contribution in [0.25, 0.3) is 11.0 Å². The number of benzene rings is 1. The zero-order chi connectivity index (χ0) is 30.5. The predicted molar refractivity (Wildman–Crippen MR) is 160 cm³/mol. The second-order valence-electron chi connectivity index (χ2n) is 14.1. The molecule has 3 fully saturated rings. The first-order valence-corrected chi connectivity index (χ1v) is 15.8. The van der Waals surface area contributed by atoms with Crippen LogP contribution < -0.4 is 14.8 Å². The fraction of sp³-hybridized carbons (Fsp3) is 0.667. The van der Waals surface area contributed by atoms with Gasteiger partial charge in [-0.2, -0.15) is 0 Å². The largest absolute Gasteiger partial charge is 0.497 e. The number of ether oxygens (including phenoxy) is 3. The fourth-order valence-corrected chi connectivity index (χ4v) is 6.97. The van der Waals surface area contributed by atoms with Gasteiger partial charge in [-0.25, -0.2) is 14.8 Å². The lowest BCUT2D eigenvalue weighted by Crippen LogP contribution is -2.56. The summed E-state index contributed by atoms with van der Waals surface area (Å²) in [5.41, 5.74) is 1.92. The van der Waals surface area contributed by atoms with Crippen molar-refractivity contribution in [1.29, 1.82) is 0 Å². The number of aryl methyl sites for hydroxylation is 1. The second-order valence-corrected chi connectivity index (χ2v) is 14.1. The van der Waals surface area contributed by atoms with Crippen LogP contribution in [0.3, 0.4) is 0 Å². The van der Waals surface area contributed by atoms with Crippen molar-refractivity contribution in [3.05, 3.63) is 23.9 Å². The molecule has 0 radical (unpaired) electrons. The summed E-state index contributed by atoms with van der Waals surface area (Å²) in [6.45, 7) is 7.91. The van der Waals surface area contributed by atoms with Crippen LogP contribution in [0.15, 0.2) is 18.2 Å². The number of carbonyl (C=O) groups excluding carboxylic acids is 3. The molecular weight excluding hydrogens is 548 g/mol. The number of aromatic nitrogens is 2. The molecule has 2 aromatic rings. The number of hydrogen-bond acceptors (Lipinski definition) is 8. The maximum atomic E-state index is 14.1. The Hall–Kier alpha value is -3.43. The highest BCUT2D eigenvalue weighted by molar-refractivity contribution is 5.89. The number of methoxy groups -OCH3 is 1. The summed E-state index contributed by atoms with van der Waals surface area (Å²) in [4.78, 5) is 51.1. The van der Waals surface area contributed by atoms with E-state index in [1.165, 1.54) is 12.8 Å². The van der Waals surface area contributed by atoms with Gasteiger partial charge < -0.3 is 29.2 Å². The highest BCUT2D eigenvalue weighted by Crippen LogP contribution is 2.55. The molecule has 1 aromatic carbocycles. The molecule has 232 valence electrons. The average Bonchev–Trinajstić information content (AvgIpc) is 3.88. The van der Waals surface area contributed by atoms with Crippen molar-refractivity contribution in [2.24, 2.45) is 22.7 Å². The lowest BCUT2D eigenvalue weighted by Gasteiger charge is -2.34. The molecule has 2 saturated carbocycles. The Balaban J connectivity index is 1.38. The third kappa shape index (κ3) is 6.02. The fourth-order valence-electron chi connectivity index (χ4n) is 6.97. The summed E-state index contributed by atoms with van der Waals surface area (Å²) in [5.74, 6) is 0.931. The van der Waals surface area contributed by atoms with Crippen molar-refractivity contribution in [3.63, 3.8) is 0 Å². The SMILES string of the molecule is CC[C@@H]1[C@@H]2CN(C(=O)[C@H](C(C)(C)C)NC(=O)O[C@@H]3C[C@H]3CCC3(CCc4nc5ccc(OC)cc5nc4O2)CC3)[C@@H]1C=O. The summed E-state index contributed by atoms with van der Waals surface area (Å²) in [6.07, 6.45) is 7.36. The Morgan fingerprint density at radius 2 is 1.88 bits per heavy atom. The second kappa shape index (κ2) is 11.2. The zero-order valence-corrected chi connectivity index (χ0v) is 25.9. The highest BCUT2D eigenvalue weighted by Gasteiger charge is 2.50. The van der Waals surface area contributed by atoms with Gasteiger partial charge in [0.05, 0.1) is 30.7 Å². The topological polar surface area (TPSA) is 120 Å². The molecule has 1 saturated heterocycles. The molecule has 2 amide bonds. The van der Waals surface area contributed by atoms with Crippen LogP contribution in [0, 0.1) is 22.7 Å². The first-order valence-electron chi connectivity index (χ1n) is 15.8. The molecule has 1 spiro atoms. The predicted octanol–water partition coefficient (Wildman–Crippen LogP) is 4.86. The molecule has 1 aromatic heterocycles. The molecule has 2 aliphatic heterocycles. The van der Waals surface area contributed by atoms with Crippen molar-refractivity contribution in [2.75, 3.05) is 13.7 Å². The number of hydrogen-bond donors (Lipinski definition) is 1. The maximum Gasteiger partial charge on any atom is 0.408 e. The number of nitrogens with zero attached hydrogens (tertiary/aromatic N) is 3. The number of alkyl carbamates (subject to hydrolysis) is 1. The van der Waals surface area contributed by atoms with Crippen molar-refractivity contribution < 1.29 is 28.6 Å². The van der Waals surface area contributed by atoms with Gasteiger partial charge in [0.15, 0.2) is 0 Å². The number of carbonyl (C=O) groups is 3. The Bertz CT molecular complexity index is 1400. The van der Waals surface area contributed by atoms with E-state index in [9.17, 15) is 14.4 Å². The summed E-state index contributed by atoms with van der Waals surface area (Å²) in [5, 5.41) is 2.86. The minimum absolute atomic E-state index is 0.114. The molecule has 4 aliphatic rings. The zero-order valence-electron chi connectivity index (χ0n) is 25.9. The maximum absolute atomic E-state index is 14.1. The van der Waals surface area contributed by atoms with E-state index in [2.05, 4.69) is 5.32 Å². The Labute approximate surface area is 253 Å². The van der Waals surface area contributed by atoms with E-state index in [1.807, 2.05) is 45.9 Å². The Morgan fingerprint density at radius 3 is 2.56 bits per heavy atom. The van der Waals surface area contributed by atoms with Gasteiger partial charge in [0.2, 0.25) is 11.8 Å². The number of aldehydes is 1. The van der Waals surface area contributed by atoms with Crippen molar-refractivity contribution in [2.45, 2.75) is 103 Å². The Kier molecular flexibility index (Phi) is 7.75. The van der Waals surface area contributed by atoms with E-state index in [1.54, 1.807) is 12.0 Å². The van der Waals surface area contributed by atoms with Crippen LogP contribution in [0.4, 0.5) is 4.79 Å². The van der Waals surface area contributed by atoms with Gasteiger partial charge in [-0.3, -0.25) is 4.79 Å². The normalized spacial score (nSPS) is 30.7. The molecule has 1 N–H and O–H groups in total. The lowest BCUT2D eigenvalue weighted by atomic mass is 9.85. The number of amides is 2. The molecule has 6 atom stereocenters.